The van der Waals surface area contributed by atoms with Crippen LogP contribution >= 0.6 is 0 Å². The summed E-state index contributed by atoms with van der Waals surface area (Å²) in [5, 5.41) is 4.96. The van der Waals surface area contributed by atoms with E-state index in [0.717, 1.165) is 0 Å². The molecule has 10 heavy (non-hydrogen) atoms. The summed E-state index contributed by atoms with van der Waals surface area (Å²) in [4.78, 5) is 0. The van der Waals surface area contributed by atoms with E-state index in [1.54, 1.807) is 0 Å². The van der Waals surface area contributed by atoms with Crippen LogP contribution in [0.1, 0.15) is 6.92 Å². The Balaban J connectivity index is 2.39. The molecule has 5 heteroatoms. The molecule has 0 bridgehead atoms. The maximum atomic E-state index is 12.3. The van der Waals surface area contributed by atoms with Gasteiger partial charge in [0.05, 0.1) is 6.21 Å². The molecular formula is C5H9FN4. The molecule has 0 radical (unpaired) electrons. The highest BCUT2D eigenvalue weighted by molar-refractivity contribution is 5.71. The molecule has 0 fully saturated rings. The lowest BCUT2D eigenvalue weighted by molar-refractivity contribution is 0.125. The van der Waals surface area contributed by atoms with Crippen LogP contribution in [0.5, 0.6) is 0 Å². The number of halogens is 1. The molecule has 0 amide bonds. The van der Waals surface area contributed by atoms with Crippen molar-refractivity contribution in [3.05, 3.63) is 12.0 Å². The first-order chi connectivity index (χ1) is 4.83. The van der Waals surface area contributed by atoms with Crippen LogP contribution in [0, 0.1) is 0 Å². The van der Waals surface area contributed by atoms with Crippen LogP contribution in [-0.4, -0.2) is 18.0 Å². The largest absolute Gasteiger partial charge is 0.242 e. The number of hydrazone groups is 1. The Morgan fingerprint density at radius 2 is 2.70 bits per heavy atom. The van der Waals surface area contributed by atoms with E-state index in [0.29, 0.717) is 6.54 Å². The monoisotopic (exact) mass is 144 g/mol. The topological polar surface area (TPSA) is 39.7 Å². The van der Waals surface area contributed by atoms with Crippen LogP contribution in [0.2, 0.25) is 0 Å². The smallest absolute Gasteiger partial charge is 0.209 e. The molecule has 4 nitrogen and oxygen atoms in total. The predicted octanol–water partition coefficient (Wildman–Crippen LogP) is 0.128. The summed E-state index contributed by atoms with van der Waals surface area (Å²) < 4.78 is 12.3. The van der Waals surface area contributed by atoms with E-state index in [1.807, 2.05) is 6.92 Å². The van der Waals surface area contributed by atoms with Crippen molar-refractivity contribution < 1.29 is 4.39 Å². The normalized spacial score (nSPS) is 16.6. The van der Waals surface area contributed by atoms with Crippen molar-refractivity contribution in [2.45, 2.75) is 6.92 Å². The molecule has 0 atom stereocenters. The summed E-state index contributed by atoms with van der Waals surface area (Å²) in [6.45, 7) is 2.59. The highest BCUT2D eigenvalue weighted by Gasteiger charge is 2.02. The van der Waals surface area contributed by atoms with Crippen molar-refractivity contribution in [1.29, 1.82) is 0 Å². The van der Waals surface area contributed by atoms with Gasteiger partial charge < -0.3 is 0 Å². The average Bonchev–Trinajstić information content (AvgIpc) is 1.88. The minimum absolute atomic E-state index is 0.420. The molecule has 0 saturated heterocycles. The standard InChI is InChI=1S/C5H9FN4/c1-2-7-10-8-4-3-5(6)9-10/h3-4,7,9H,2H2,1H3. The molecule has 0 unspecified atom stereocenters. The number of rotatable bonds is 2. The van der Waals surface area contributed by atoms with Crippen LogP contribution in [-0.2, 0) is 0 Å². The van der Waals surface area contributed by atoms with Crippen LogP contribution < -0.4 is 10.9 Å². The number of hydrogen-bond donors (Lipinski definition) is 2. The number of nitrogens with one attached hydrogen (secondary N) is 2. The van der Waals surface area contributed by atoms with Crippen LogP contribution in [0.4, 0.5) is 4.39 Å². The van der Waals surface area contributed by atoms with Crippen molar-refractivity contribution in [3.8, 4) is 0 Å². The van der Waals surface area contributed by atoms with E-state index < -0.39 is 5.95 Å². The van der Waals surface area contributed by atoms with E-state index in [2.05, 4.69) is 16.0 Å². The van der Waals surface area contributed by atoms with Crippen molar-refractivity contribution in [2.24, 2.45) is 5.10 Å². The fourth-order valence-electron chi connectivity index (χ4n) is 0.563. The zero-order valence-corrected chi connectivity index (χ0v) is 5.63. The van der Waals surface area contributed by atoms with Gasteiger partial charge in [0.25, 0.3) is 0 Å². The highest BCUT2D eigenvalue weighted by atomic mass is 19.1. The van der Waals surface area contributed by atoms with Crippen LogP contribution in [0.15, 0.2) is 17.1 Å². The third kappa shape index (κ3) is 1.70. The molecule has 1 heterocycles. The number of hydrazine groups is 2. The molecule has 0 aromatic carbocycles. The number of nitrogens with zero attached hydrogens (tertiary/aromatic N) is 2. The summed E-state index contributed by atoms with van der Waals surface area (Å²) in [6, 6.07) is 0. The van der Waals surface area contributed by atoms with Crippen molar-refractivity contribution in [2.75, 3.05) is 6.54 Å². The lowest BCUT2D eigenvalue weighted by Gasteiger charge is -2.20. The number of hydrogen-bond acceptors (Lipinski definition) is 4. The second kappa shape index (κ2) is 3.17. The summed E-state index contributed by atoms with van der Waals surface area (Å²) in [7, 11) is 0. The van der Waals surface area contributed by atoms with Gasteiger partial charge in [-0.25, -0.2) is 5.43 Å². The minimum atomic E-state index is -0.420. The highest BCUT2D eigenvalue weighted by Crippen LogP contribution is 1.94. The van der Waals surface area contributed by atoms with E-state index in [1.165, 1.54) is 17.5 Å². The zero-order chi connectivity index (χ0) is 7.40. The maximum absolute atomic E-state index is 12.3. The van der Waals surface area contributed by atoms with Gasteiger partial charge in [-0.15, -0.1) is 10.3 Å². The fraction of sp³-hybridized carbons (Fsp3) is 0.400. The van der Waals surface area contributed by atoms with Gasteiger partial charge in [-0.1, -0.05) is 6.92 Å². The summed E-state index contributed by atoms with van der Waals surface area (Å²) >= 11 is 0. The quantitative estimate of drug-likeness (QED) is 0.541. The molecule has 56 valence electrons. The fourth-order valence-corrected chi connectivity index (χ4v) is 0.563. The molecule has 1 aliphatic rings. The van der Waals surface area contributed by atoms with Gasteiger partial charge >= 0.3 is 0 Å². The lowest BCUT2D eigenvalue weighted by atomic mass is 10.6. The molecule has 1 rings (SSSR count). The van der Waals surface area contributed by atoms with Gasteiger partial charge in [0.2, 0.25) is 5.95 Å². The van der Waals surface area contributed by atoms with Crippen LogP contribution in [0.3, 0.4) is 0 Å². The van der Waals surface area contributed by atoms with Crippen molar-refractivity contribution in [1.82, 2.24) is 16.1 Å². The molecule has 0 saturated carbocycles. The zero-order valence-electron chi connectivity index (χ0n) is 5.63. The van der Waals surface area contributed by atoms with Crippen LogP contribution in [0.25, 0.3) is 0 Å². The van der Waals surface area contributed by atoms with Gasteiger partial charge in [-0.3, -0.25) is 0 Å². The SMILES string of the molecule is CCNN1N=CC=C(F)N1. The molecule has 2 N–H and O–H groups in total. The van der Waals surface area contributed by atoms with E-state index >= 15 is 0 Å². The molecular weight excluding hydrogens is 135 g/mol. The Bertz CT molecular complexity index is 165. The molecule has 0 aliphatic carbocycles. The van der Waals surface area contributed by atoms with E-state index in [4.69, 9.17) is 0 Å². The molecule has 0 aromatic rings. The second-order valence-corrected chi connectivity index (χ2v) is 1.71. The number of allylic oxidation sites excluding steroid dienone is 1. The Morgan fingerprint density at radius 1 is 1.90 bits per heavy atom. The van der Waals surface area contributed by atoms with Gasteiger partial charge in [0.1, 0.15) is 0 Å². The summed E-state index contributed by atoms with van der Waals surface area (Å²) in [6.07, 6.45) is 2.61. The Labute approximate surface area is 58.3 Å². The van der Waals surface area contributed by atoms with E-state index in [9.17, 15) is 4.39 Å². The maximum Gasteiger partial charge on any atom is 0.209 e. The first-order valence-electron chi connectivity index (χ1n) is 3.03. The molecule has 0 spiro atoms. The Morgan fingerprint density at radius 3 is 3.30 bits per heavy atom. The summed E-state index contributed by atoms with van der Waals surface area (Å²) in [5.74, 6) is -0.420. The molecule has 0 aromatic heterocycles. The lowest BCUT2D eigenvalue weighted by Crippen LogP contribution is -2.44. The second-order valence-electron chi connectivity index (χ2n) is 1.71. The first kappa shape index (κ1) is 7.01. The van der Waals surface area contributed by atoms with Gasteiger partial charge in [-0.05, 0) is 0 Å². The Hall–Kier alpha value is -1.10. The summed E-state index contributed by atoms with van der Waals surface area (Å²) in [5.41, 5.74) is 5.09. The first-order valence-corrected chi connectivity index (χ1v) is 3.03. The van der Waals surface area contributed by atoms with Gasteiger partial charge in [0, 0.05) is 12.6 Å². The van der Waals surface area contributed by atoms with Gasteiger partial charge in [0.15, 0.2) is 0 Å². The van der Waals surface area contributed by atoms with Crippen molar-refractivity contribution >= 4 is 6.21 Å². The predicted molar refractivity (Wildman–Crippen MR) is 36.3 cm³/mol. The van der Waals surface area contributed by atoms with Gasteiger partial charge in [-0.2, -0.15) is 9.82 Å². The molecule has 1 aliphatic heterocycles. The minimum Gasteiger partial charge on any atom is -0.242 e. The third-order valence-corrected chi connectivity index (χ3v) is 0.924. The third-order valence-electron chi connectivity index (χ3n) is 0.924. The average molecular weight is 144 g/mol. The van der Waals surface area contributed by atoms with Crippen molar-refractivity contribution in [3.63, 3.8) is 0 Å². The Kier molecular flexibility index (Phi) is 2.22. The van der Waals surface area contributed by atoms with E-state index in [-0.39, 0.29) is 0 Å².